The van der Waals surface area contributed by atoms with Crippen molar-refractivity contribution < 1.29 is 23.1 Å². The minimum absolute atomic E-state index is 0.0405. The Labute approximate surface area is 109 Å². The monoisotopic (exact) mass is 272 g/mol. The first kappa shape index (κ1) is 13.9. The largest absolute Gasteiger partial charge is 0.481 e. The SMILES string of the molecule is O=C(O)C1(CCCC(F)(F)F)CCc2ccccc21. The number of alkyl halides is 3. The number of carbonyl (C=O) groups is 1. The lowest BCUT2D eigenvalue weighted by Gasteiger charge is -2.25. The molecule has 0 amide bonds. The highest BCUT2D eigenvalue weighted by molar-refractivity contribution is 5.83. The van der Waals surface area contributed by atoms with Crippen molar-refractivity contribution in [3.05, 3.63) is 35.4 Å². The normalized spacial score (nSPS) is 22.3. The van der Waals surface area contributed by atoms with Gasteiger partial charge >= 0.3 is 12.1 Å². The quantitative estimate of drug-likeness (QED) is 0.907. The van der Waals surface area contributed by atoms with E-state index >= 15 is 0 Å². The molecule has 1 aromatic rings. The molecule has 1 aliphatic carbocycles. The molecule has 5 heteroatoms. The van der Waals surface area contributed by atoms with Crippen LogP contribution in [0.4, 0.5) is 13.2 Å². The molecule has 0 saturated carbocycles. The van der Waals surface area contributed by atoms with Gasteiger partial charge in [-0.25, -0.2) is 0 Å². The molecule has 0 saturated heterocycles. The average Bonchev–Trinajstić information content (AvgIpc) is 2.68. The molecular weight excluding hydrogens is 257 g/mol. The summed E-state index contributed by atoms with van der Waals surface area (Å²) in [5.41, 5.74) is 0.489. The molecule has 0 heterocycles. The first-order valence-corrected chi connectivity index (χ1v) is 6.24. The number of halogens is 3. The maximum absolute atomic E-state index is 12.2. The lowest BCUT2D eigenvalue weighted by atomic mass is 9.77. The van der Waals surface area contributed by atoms with Gasteiger partial charge in [-0.15, -0.1) is 0 Å². The number of benzene rings is 1. The maximum Gasteiger partial charge on any atom is 0.389 e. The van der Waals surface area contributed by atoms with Crippen molar-refractivity contribution in [3.8, 4) is 0 Å². The molecule has 0 aliphatic heterocycles. The number of aliphatic carboxylic acids is 1. The summed E-state index contributed by atoms with van der Waals surface area (Å²) < 4.78 is 36.6. The zero-order chi connectivity index (χ0) is 14.1. The van der Waals surface area contributed by atoms with Gasteiger partial charge in [0, 0.05) is 6.42 Å². The van der Waals surface area contributed by atoms with E-state index in [4.69, 9.17) is 0 Å². The number of hydrogen-bond donors (Lipinski definition) is 1. The van der Waals surface area contributed by atoms with Gasteiger partial charge in [0.25, 0.3) is 0 Å². The van der Waals surface area contributed by atoms with Crippen LogP contribution in [0.15, 0.2) is 24.3 Å². The van der Waals surface area contributed by atoms with Crippen LogP contribution in [0.1, 0.15) is 36.8 Å². The molecule has 1 N–H and O–H groups in total. The van der Waals surface area contributed by atoms with Crippen LogP contribution in [0, 0.1) is 0 Å². The molecule has 2 nitrogen and oxygen atoms in total. The van der Waals surface area contributed by atoms with Gasteiger partial charge in [-0.05, 0) is 36.8 Å². The number of aryl methyl sites for hydroxylation is 1. The Morgan fingerprint density at radius 3 is 2.63 bits per heavy atom. The van der Waals surface area contributed by atoms with Crippen LogP contribution in [0.25, 0.3) is 0 Å². The van der Waals surface area contributed by atoms with Gasteiger partial charge < -0.3 is 5.11 Å². The Morgan fingerprint density at radius 1 is 1.32 bits per heavy atom. The standard InChI is InChI=1S/C14H15F3O2/c15-14(16,17)8-3-7-13(12(18)19)9-6-10-4-1-2-5-11(10)13/h1-2,4-5H,3,6-9H2,(H,18,19). The van der Waals surface area contributed by atoms with Crippen molar-refractivity contribution >= 4 is 5.97 Å². The Kier molecular flexibility index (Phi) is 3.56. The Balaban J connectivity index is 2.20. The number of carboxylic acid groups (broad SMARTS) is 1. The molecule has 0 bridgehead atoms. The minimum atomic E-state index is -4.22. The van der Waals surface area contributed by atoms with E-state index in [1.54, 1.807) is 12.1 Å². The third kappa shape index (κ3) is 2.74. The first-order valence-electron chi connectivity index (χ1n) is 6.24. The van der Waals surface area contributed by atoms with Crippen LogP contribution in [-0.4, -0.2) is 17.3 Å². The second-order valence-corrected chi connectivity index (χ2v) is 5.01. The van der Waals surface area contributed by atoms with Crippen LogP contribution < -0.4 is 0 Å². The summed E-state index contributed by atoms with van der Waals surface area (Å²) in [5, 5.41) is 9.46. The van der Waals surface area contributed by atoms with E-state index in [1.165, 1.54) is 0 Å². The molecule has 0 radical (unpaired) electrons. The van der Waals surface area contributed by atoms with Crippen molar-refractivity contribution in [2.24, 2.45) is 0 Å². The lowest BCUT2D eigenvalue weighted by Crippen LogP contribution is -2.33. The van der Waals surface area contributed by atoms with Crippen molar-refractivity contribution in [3.63, 3.8) is 0 Å². The van der Waals surface area contributed by atoms with Crippen molar-refractivity contribution in [2.75, 3.05) is 0 Å². The average molecular weight is 272 g/mol. The van der Waals surface area contributed by atoms with Crippen LogP contribution >= 0.6 is 0 Å². The third-order valence-corrected chi connectivity index (χ3v) is 3.83. The molecule has 0 aromatic heterocycles. The van der Waals surface area contributed by atoms with E-state index in [2.05, 4.69) is 0 Å². The molecule has 1 atom stereocenters. The molecule has 0 fully saturated rings. The van der Waals surface area contributed by atoms with Gasteiger partial charge in [0.1, 0.15) is 0 Å². The summed E-state index contributed by atoms with van der Waals surface area (Å²) >= 11 is 0. The van der Waals surface area contributed by atoms with Crippen LogP contribution in [0.5, 0.6) is 0 Å². The van der Waals surface area contributed by atoms with E-state index in [0.29, 0.717) is 18.4 Å². The zero-order valence-corrected chi connectivity index (χ0v) is 10.3. The Bertz CT molecular complexity index is 482. The molecule has 1 aromatic carbocycles. The fraction of sp³-hybridized carbons (Fsp3) is 0.500. The zero-order valence-electron chi connectivity index (χ0n) is 10.3. The lowest BCUT2D eigenvalue weighted by molar-refractivity contribution is -0.147. The summed E-state index contributed by atoms with van der Waals surface area (Å²) in [4.78, 5) is 11.6. The topological polar surface area (TPSA) is 37.3 Å². The first-order chi connectivity index (χ1) is 8.85. The molecule has 1 aliphatic rings. The Hall–Kier alpha value is -1.52. The van der Waals surface area contributed by atoms with Crippen molar-refractivity contribution in [1.82, 2.24) is 0 Å². The summed E-state index contributed by atoms with van der Waals surface area (Å²) in [7, 11) is 0. The van der Waals surface area contributed by atoms with Crippen LogP contribution in [0.3, 0.4) is 0 Å². The molecule has 19 heavy (non-hydrogen) atoms. The number of hydrogen-bond acceptors (Lipinski definition) is 1. The summed E-state index contributed by atoms with van der Waals surface area (Å²) in [6.07, 6.45) is -4.25. The summed E-state index contributed by atoms with van der Waals surface area (Å²) in [5.74, 6) is -1.01. The molecule has 1 unspecified atom stereocenters. The van der Waals surface area contributed by atoms with Crippen LogP contribution in [-0.2, 0) is 16.6 Å². The fourth-order valence-electron chi connectivity index (χ4n) is 2.87. The van der Waals surface area contributed by atoms with E-state index in [9.17, 15) is 23.1 Å². The van der Waals surface area contributed by atoms with Gasteiger partial charge in [-0.2, -0.15) is 13.2 Å². The van der Waals surface area contributed by atoms with Gasteiger partial charge in [0.2, 0.25) is 0 Å². The van der Waals surface area contributed by atoms with E-state index in [0.717, 1.165) is 5.56 Å². The smallest absolute Gasteiger partial charge is 0.389 e. The van der Waals surface area contributed by atoms with E-state index in [1.807, 2.05) is 12.1 Å². The number of rotatable bonds is 4. The highest BCUT2D eigenvalue weighted by Crippen LogP contribution is 2.43. The predicted octanol–water partition coefficient (Wildman–Crippen LogP) is 3.69. The molecule has 104 valence electrons. The molecule has 2 rings (SSSR count). The highest BCUT2D eigenvalue weighted by atomic mass is 19.4. The van der Waals surface area contributed by atoms with Gasteiger partial charge in [-0.3, -0.25) is 4.79 Å². The summed E-state index contributed by atoms with van der Waals surface area (Å²) in [6, 6.07) is 7.14. The predicted molar refractivity (Wildman–Crippen MR) is 64.0 cm³/mol. The maximum atomic E-state index is 12.2. The van der Waals surface area contributed by atoms with Crippen LogP contribution in [0.2, 0.25) is 0 Å². The van der Waals surface area contributed by atoms with Crippen molar-refractivity contribution in [2.45, 2.75) is 43.7 Å². The van der Waals surface area contributed by atoms with Gasteiger partial charge in [-0.1, -0.05) is 24.3 Å². The van der Waals surface area contributed by atoms with Gasteiger partial charge in [0.05, 0.1) is 5.41 Å². The second-order valence-electron chi connectivity index (χ2n) is 5.01. The number of fused-ring (bicyclic) bond motifs is 1. The van der Waals surface area contributed by atoms with E-state index < -0.39 is 24.0 Å². The number of carboxylic acids is 1. The fourth-order valence-corrected chi connectivity index (χ4v) is 2.87. The van der Waals surface area contributed by atoms with Gasteiger partial charge in [0.15, 0.2) is 0 Å². The molecule has 0 spiro atoms. The third-order valence-electron chi connectivity index (χ3n) is 3.83. The molecular formula is C14H15F3O2. The Morgan fingerprint density at radius 2 is 2.00 bits per heavy atom. The van der Waals surface area contributed by atoms with E-state index in [-0.39, 0.29) is 12.8 Å². The minimum Gasteiger partial charge on any atom is -0.481 e. The van der Waals surface area contributed by atoms with Crippen molar-refractivity contribution in [1.29, 1.82) is 0 Å². The highest BCUT2D eigenvalue weighted by Gasteiger charge is 2.45. The second kappa shape index (κ2) is 4.87. The summed E-state index contributed by atoms with van der Waals surface area (Å²) in [6.45, 7) is 0.